The predicted molar refractivity (Wildman–Crippen MR) is 296 cm³/mol. The van der Waals surface area contributed by atoms with Gasteiger partial charge in [0.15, 0.2) is 12.6 Å². The van der Waals surface area contributed by atoms with Crippen LogP contribution in [0.1, 0.15) is 124 Å². The van der Waals surface area contributed by atoms with Gasteiger partial charge in [-0.1, -0.05) is 38.9 Å². The Kier molecular flexibility index (Phi) is 23.7. The average Bonchev–Trinajstić information content (AvgIpc) is 3.42. The maximum Gasteiger partial charge on any atom is 0.341 e. The maximum atomic E-state index is 14.6. The van der Waals surface area contributed by atoms with Crippen LogP contribution in [-0.4, -0.2) is 199 Å². The lowest BCUT2D eigenvalue weighted by molar-refractivity contribution is -0.316. The fourth-order valence-corrected chi connectivity index (χ4v) is 13.0. The van der Waals surface area contributed by atoms with Gasteiger partial charge in [-0.3, -0.25) is 13.8 Å². The van der Waals surface area contributed by atoms with E-state index in [0.717, 1.165) is 5.56 Å². The lowest BCUT2D eigenvalue weighted by Crippen LogP contribution is -2.61. The highest BCUT2D eigenvalue weighted by Crippen LogP contribution is 2.42. The number of ether oxygens (including phenoxy) is 7. The van der Waals surface area contributed by atoms with Gasteiger partial charge in [0.05, 0.1) is 64.6 Å². The highest BCUT2D eigenvalue weighted by atomic mass is 32.2. The average molecular weight is 1160 g/mol. The summed E-state index contributed by atoms with van der Waals surface area (Å²) in [5.41, 5.74) is -4.39. The zero-order valence-corrected chi connectivity index (χ0v) is 50.3. The molecule has 6 N–H and O–H groups in total. The Balaban J connectivity index is 1.39. The van der Waals surface area contributed by atoms with Gasteiger partial charge >= 0.3 is 11.9 Å². The molecule has 456 valence electrons. The number of aromatic nitrogens is 1. The molecule has 0 bridgehead atoms. The number of aliphatic hydroxyl groups is 4. The molecular formula is C56H92N4O19S. The van der Waals surface area contributed by atoms with Crippen molar-refractivity contribution in [3.63, 3.8) is 0 Å². The first-order valence-corrected chi connectivity index (χ1v) is 29.5. The van der Waals surface area contributed by atoms with E-state index in [2.05, 4.69) is 10.5 Å². The number of aliphatic hydroxyl groups excluding tert-OH is 2. The van der Waals surface area contributed by atoms with Crippen LogP contribution < -0.4 is 10.7 Å². The monoisotopic (exact) mass is 1160 g/mol. The van der Waals surface area contributed by atoms with E-state index in [1.807, 2.05) is 38.9 Å². The SMILES string of the molecule is CC[C@H]1OC(=O)[C@H](C)[C@@H](O[C@H]2C[C@@](C)(OC)[C@@H](OS(=O)(=O)CCNCCCc3ccc4c(c3)c(=O)c(C(=O)O)cn4CC)[C@H](C)O2)[C@H](C)[C@@H](O[C@@H]2O[C@H](C)C[C@H](N(C)C)[C@H]2O)[C@](C)(O)C[C@@H](C)/C(=N\OCOC)[C@@H](C)[C@@H](O)[C@]1(C)O. The minimum atomic E-state index is -4.22. The van der Waals surface area contributed by atoms with Crippen molar-refractivity contribution >= 4 is 38.7 Å². The summed E-state index contributed by atoms with van der Waals surface area (Å²) in [6.45, 7) is 19.1. The zero-order valence-electron chi connectivity index (χ0n) is 49.4. The Morgan fingerprint density at radius 3 is 2.25 bits per heavy atom. The Hall–Kier alpha value is -3.73. The second-order valence-electron chi connectivity index (χ2n) is 23.1. The van der Waals surface area contributed by atoms with Crippen LogP contribution in [0.4, 0.5) is 0 Å². The van der Waals surface area contributed by atoms with Crippen LogP contribution in [0.5, 0.6) is 0 Å². The number of hydrogen-bond donors (Lipinski definition) is 6. The second-order valence-corrected chi connectivity index (χ2v) is 24.8. The van der Waals surface area contributed by atoms with Gasteiger partial charge in [0.1, 0.15) is 29.5 Å². The molecule has 24 heteroatoms. The molecule has 0 saturated carbocycles. The summed E-state index contributed by atoms with van der Waals surface area (Å²) in [5, 5.41) is 66.2. The quantitative estimate of drug-likeness (QED) is 0.0340. The zero-order chi connectivity index (χ0) is 59.8. The summed E-state index contributed by atoms with van der Waals surface area (Å²) in [5.74, 6) is -6.26. The highest BCUT2D eigenvalue weighted by molar-refractivity contribution is 7.86. The number of hydrogen-bond acceptors (Lipinski definition) is 21. The van der Waals surface area contributed by atoms with E-state index < -0.39 is 135 Å². The Morgan fingerprint density at radius 1 is 0.950 bits per heavy atom. The van der Waals surface area contributed by atoms with Crippen molar-refractivity contribution in [2.45, 2.75) is 205 Å². The van der Waals surface area contributed by atoms with Gasteiger partial charge in [0, 0.05) is 69.1 Å². The molecule has 3 aliphatic heterocycles. The summed E-state index contributed by atoms with van der Waals surface area (Å²) in [7, 11) is 2.27. The minimum absolute atomic E-state index is 0.0413. The van der Waals surface area contributed by atoms with Gasteiger partial charge in [0.2, 0.25) is 12.2 Å². The van der Waals surface area contributed by atoms with E-state index in [4.69, 9.17) is 42.2 Å². The number of aromatic carboxylic acids is 1. The number of nitrogens with one attached hydrogen (secondary N) is 1. The number of aryl methyl sites for hydroxylation is 2. The molecule has 1 aromatic carbocycles. The molecule has 80 heavy (non-hydrogen) atoms. The summed E-state index contributed by atoms with van der Waals surface area (Å²) < 4.78 is 78.6. The Morgan fingerprint density at radius 2 is 1.64 bits per heavy atom. The van der Waals surface area contributed by atoms with Crippen LogP contribution in [0.25, 0.3) is 10.9 Å². The minimum Gasteiger partial charge on any atom is -0.477 e. The van der Waals surface area contributed by atoms with Crippen molar-refractivity contribution in [2.24, 2.45) is 28.8 Å². The number of likely N-dealkylation sites (N-methyl/N-ethyl adjacent to an activating group) is 1. The van der Waals surface area contributed by atoms with E-state index in [9.17, 15) is 48.3 Å². The van der Waals surface area contributed by atoms with Gasteiger partial charge in [0.25, 0.3) is 10.1 Å². The third kappa shape index (κ3) is 15.9. The molecule has 0 spiro atoms. The number of benzene rings is 1. The molecule has 0 radical (unpaired) electrons. The number of pyridine rings is 1. The van der Waals surface area contributed by atoms with E-state index in [0.29, 0.717) is 43.3 Å². The molecule has 2 aromatic rings. The number of carbonyl (C=O) groups is 2. The first-order valence-electron chi connectivity index (χ1n) is 27.9. The number of fused-ring (bicyclic) bond motifs is 1. The molecule has 3 aliphatic rings. The molecule has 0 aliphatic carbocycles. The molecule has 18 atom stereocenters. The number of nitrogens with zero attached hydrogens (tertiary/aromatic N) is 3. The number of methoxy groups -OCH3 is 2. The smallest absolute Gasteiger partial charge is 0.341 e. The largest absolute Gasteiger partial charge is 0.477 e. The molecule has 3 saturated heterocycles. The molecule has 4 heterocycles. The van der Waals surface area contributed by atoms with Crippen LogP contribution in [0.15, 0.2) is 34.3 Å². The van der Waals surface area contributed by atoms with Crippen molar-refractivity contribution in [3.8, 4) is 0 Å². The van der Waals surface area contributed by atoms with E-state index in [1.54, 1.807) is 72.1 Å². The van der Waals surface area contributed by atoms with Gasteiger partial charge < -0.3 is 78.3 Å². The van der Waals surface area contributed by atoms with Gasteiger partial charge in [-0.25, -0.2) is 4.79 Å². The van der Waals surface area contributed by atoms with Crippen LogP contribution in [-0.2, 0) is 70.1 Å². The van der Waals surface area contributed by atoms with Gasteiger partial charge in [-0.2, -0.15) is 8.42 Å². The standard InChI is InChI=1S/C56H92N4O19S/c1-16-42-56(11,68)48(63)33(5)44(58-73-30-71-14)31(3)27-54(9,67)49(78-53-46(62)41(59(12)13)25-32(4)74-53)34(6)47(35(7)52(66)76-42)77-43-28-55(10,72-15)50(36(8)75-43)79-80(69,70)24-23-57-22-18-19-37-20-21-40-38(26-37)45(61)39(51(64)65)29-60(40)17-2/h20-21,26,29,31-36,41-43,46-50,53,57,62-63,67-68H,16-19,22-25,27-28,30H2,1-15H3,(H,64,65)/b58-44+/t31-,32-,33-,34+,35-,36+,41+,42-,43+,46-,47+,48-,49-,50+,53+,54-,55-,56-/m1/s1. The number of esters is 1. The summed E-state index contributed by atoms with van der Waals surface area (Å²) in [6.07, 6.45) is -8.69. The van der Waals surface area contributed by atoms with Gasteiger partial charge in [-0.05, 0) is 119 Å². The Labute approximate surface area is 471 Å². The molecule has 0 amide bonds. The first kappa shape index (κ1) is 67.1. The number of cyclic esters (lactones) is 1. The van der Waals surface area contributed by atoms with E-state index in [-0.39, 0.29) is 50.0 Å². The van der Waals surface area contributed by atoms with Crippen molar-refractivity contribution in [3.05, 3.63) is 45.7 Å². The number of oxime groups is 1. The lowest BCUT2D eigenvalue weighted by Gasteiger charge is -2.49. The topological polar surface area (TPSA) is 302 Å². The normalized spacial score (nSPS) is 36.7. The third-order valence-corrected chi connectivity index (χ3v) is 17.7. The van der Waals surface area contributed by atoms with E-state index >= 15 is 0 Å². The van der Waals surface area contributed by atoms with Crippen LogP contribution >= 0.6 is 0 Å². The van der Waals surface area contributed by atoms with Crippen LogP contribution in [0.3, 0.4) is 0 Å². The lowest BCUT2D eigenvalue weighted by atomic mass is 9.73. The summed E-state index contributed by atoms with van der Waals surface area (Å²) >= 11 is 0. The molecule has 1 aromatic heterocycles. The van der Waals surface area contributed by atoms with Crippen molar-refractivity contribution in [2.75, 3.05) is 54.0 Å². The fraction of sp³-hybridized carbons (Fsp3) is 0.786. The fourth-order valence-electron chi connectivity index (χ4n) is 11.9. The molecule has 3 fully saturated rings. The number of carboxylic acids is 1. The highest BCUT2D eigenvalue weighted by Gasteiger charge is 2.54. The maximum absolute atomic E-state index is 14.6. The van der Waals surface area contributed by atoms with Crippen LogP contribution in [0, 0.1) is 23.7 Å². The number of carboxylic acid groups (broad SMARTS) is 1. The van der Waals surface area contributed by atoms with Crippen molar-refractivity contribution < 1.29 is 85.7 Å². The first-order chi connectivity index (χ1) is 37.4. The molecule has 23 nitrogen and oxygen atoms in total. The van der Waals surface area contributed by atoms with Crippen molar-refractivity contribution in [1.82, 2.24) is 14.8 Å². The number of rotatable bonds is 21. The van der Waals surface area contributed by atoms with E-state index in [1.165, 1.54) is 27.3 Å². The van der Waals surface area contributed by atoms with Crippen LogP contribution in [0.2, 0.25) is 0 Å². The summed E-state index contributed by atoms with van der Waals surface area (Å²) in [4.78, 5) is 46.7. The van der Waals surface area contributed by atoms with Crippen molar-refractivity contribution in [1.29, 1.82) is 0 Å². The second kappa shape index (κ2) is 28.2. The molecule has 0 unspecified atom stereocenters. The molecular weight excluding hydrogens is 1060 g/mol. The summed E-state index contributed by atoms with van der Waals surface area (Å²) in [6, 6.07) is 4.99. The molecule has 5 rings (SSSR count). The number of carbonyl (C=O) groups excluding carboxylic acids is 1. The predicted octanol–water partition coefficient (Wildman–Crippen LogP) is 3.80. The van der Waals surface area contributed by atoms with Gasteiger partial charge in [-0.15, -0.1) is 0 Å². The third-order valence-electron chi connectivity index (χ3n) is 16.5. The Bertz CT molecular complexity index is 2580.